The van der Waals surface area contributed by atoms with Gasteiger partial charge < -0.3 is 10.1 Å². The van der Waals surface area contributed by atoms with Crippen LogP contribution in [0.5, 0.6) is 0 Å². The Bertz CT molecular complexity index is 557. The van der Waals surface area contributed by atoms with E-state index in [0.29, 0.717) is 18.9 Å². The third kappa shape index (κ3) is 5.68. The van der Waals surface area contributed by atoms with Crippen molar-refractivity contribution in [3.05, 3.63) is 29.8 Å². The summed E-state index contributed by atoms with van der Waals surface area (Å²) in [6.07, 6.45) is 1.06. The lowest BCUT2D eigenvalue weighted by molar-refractivity contribution is -0.116. The molecule has 0 saturated carbocycles. The summed E-state index contributed by atoms with van der Waals surface area (Å²) >= 11 is 0. The molecule has 0 heterocycles. The van der Waals surface area contributed by atoms with Crippen molar-refractivity contribution in [2.45, 2.75) is 13.5 Å². The van der Waals surface area contributed by atoms with E-state index in [-0.39, 0.29) is 12.5 Å². The summed E-state index contributed by atoms with van der Waals surface area (Å²) in [5, 5.41) is 2.66. The average Bonchev–Trinajstić information content (AvgIpc) is 2.35. The maximum absolute atomic E-state index is 11.7. The van der Waals surface area contributed by atoms with E-state index in [1.54, 1.807) is 12.1 Å². The van der Waals surface area contributed by atoms with E-state index in [1.807, 2.05) is 19.1 Å². The minimum Gasteiger partial charge on any atom is -0.377 e. The van der Waals surface area contributed by atoms with E-state index < -0.39 is 10.0 Å². The van der Waals surface area contributed by atoms with E-state index >= 15 is 0 Å². The topological polar surface area (TPSA) is 75.7 Å². The molecular formula is C13H20N2O4S. The zero-order valence-electron chi connectivity index (χ0n) is 11.9. The second-order valence-electron chi connectivity index (χ2n) is 4.40. The number of likely N-dealkylation sites (N-methyl/N-ethyl adjacent to an activating group) is 1. The highest BCUT2D eigenvalue weighted by molar-refractivity contribution is 7.88. The highest BCUT2D eigenvalue weighted by Gasteiger charge is 2.15. The third-order valence-corrected chi connectivity index (χ3v) is 3.88. The molecule has 0 aromatic heterocycles. The van der Waals surface area contributed by atoms with Gasteiger partial charge in [0.1, 0.15) is 0 Å². The molecule has 112 valence electrons. The standard InChI is InChI=1S/C13H20N2O4S/c1-4-19-10-11-6-5-7-12(8-11)14-13(16)9-15(2)20(3,17)18/h5-8H,4,9-10H2,1-3H3,(H,14,16). The molecule has 1 N–H and O–H groups in total. The van der Waals surface area contributed by atoms with E-state index in [0.717, 1.165) is 16.1 Å². The lowest BCUT2D eigenvalue weighted by Crippen LogP contribution is -2.34. The lowest BCUT2D eigenvalue weighted by Gasteiger charge is -2.14. The van der Waals surface area contributed by atoms with Crippen LogP contribution in [-0.2, 0) is 26.2 Å². The van der Waals surface area contributed by atoms with E-state index in [1.165, 1.54) is 7.05 Å². The molecular weight excluding hydrogens is 280 g/mol. The van der Waals surface area contributed by atoms with Crippen LogP contribution in [0.3, 0.4) is 0 Å². The van der Waals surface area contributed by atoms with Crippen LogP contribution in [0, 0.1) is 0 Å². The largest absolute Gasteiger partial charge is 0.377 e. The Morgan fingerprint density at radius 3 is 2.70 bits per heavy atom. The van der Waals surface area contributed by atoms with Gasteiger partial charge in [0.25, 0.3) is 0 Å². The van der Waals surface area contributed by atoms with Gasteiger partial charge in [-0.25, -0.2) is 8.42 Å². The molecule has 20 heavy (non-hydrogen) atoms. The summed E-state index contributed by atoms with van der Waals surface area (Å²) in [5.41, 5.74) is 1.57. The van der Waals surface area contributed by atoms with Gasteiger partial charge in [-0.2, -0.15) is 4.31 Å². The smallest absolute Gasteiger partial charge is 0.239 e. The molecule has 7 heteroatoms. The second-order valence-corrected chi connectivity index (χ2v) is 6.49. The van der Waals surface area contributed by atoms with Gasteiger partial charge in [0.05, 0.1) is 19.4 Å². The predicted octanol–water partition coefficient (Wildman–Crippen LogP) is 1.05. The number of hydrogen-bond donors (Lipinski definition) is 1. The number of nitrogens with zero attached hydrogens (tertiary/aromatic N) is 1. The fourth-order valence-corrected chi connectivity index (χ4v) is 1.83. The first kappa shape index (κ1) is 16.6. The lowest BCUT2D eigenvalue weighted by atomic mass is 10.2. The zero-order valence-corrected chi connectivity index (χ0v) is 12.7. The maximum atomic E-state index is 11.7. The van der Waals surface area contributed by atoms with Crippen molar-refractivity contribution in [1.29, 1.82) is 0 Å². The molecule has 0 spiro atoms. The molecule has 0 aliphatic rings. The van der Waals surface area contributed by atoms with Crippen LogP contribution in [0.2, 0.25) is 0 Å². The monoisotopic (exact) mass is 300 g/mol. The number of ether oxygens (including phenoxy) is 1. The van der Waals surface area contributed by atoms with Gasteiger partial charge >= 0.3 is 0 Å². The Labute approximate surface area is 119 Å². The molecule has 6 nitrogen and oxygen atoms in total. The van der Waals surface area contributed by atoms with Crippen LogP contribution < -0.4 is 5.32 Å². The highest BCUT2D eigenvalue weighted by Crippen LogP contribution is 2.11. The Hall–Kier alpha value is -1.44. The number of amides is 1. The van der Waals surface area contributed by atoms with Crippen molar-refractivity contribution in [1.82, 2.24) is 4.31 Å². The molecule has 1 aromatic rings. The first-order chi connectivity index (χ1) is 9.32. The second kappa shape index (κ2) is 7.37. The number of nitrogens with one attached hydrogen (secondary N) is 1. The summed E-state index contributed by atoms with van der Waals surface area (Å²) in [5.74, 6) is -0.383. The average molecular weight is 300 g/mol. The molecule has 1 amide bonds. The minimum absolute atomic E-state index is 0.214. The molecule has 0 atom stereocenters. The van der Waals surface area contributed by atoms with Gasteiger partial charge in [0.2, 0.25) is 15.9 Å². The maximum Gasteiger partial charge on any atom is 0.239 e. The van der Waals surface area contributed by atoms with E-state index in [2.05, 4.69) is 5.32 Å². The summed E-state index contributed by atoms with van der Waals surface area (Å²) in [7, 11) is -2.00. The number of anilines is 1. The van der Waals surface area contributed by atoms with E-state index in [4.69, 9.17) is 4.74 Å². The van der Waals surface area contributed by atoms with Crippen LogP contribution in [0.15, 0.2) is 24.3 Å². The first-order valence-corrected chi connectivity index (χ1v) is 8.05. The summed E-state index contributed by atoms with van der Waals surface area (Å²) < 4.78 is 28.7. The van der Waals surface area contributed by atoms with Crippen LogP contribution in [0.4, 0.5) is 5.69 Å². The fourth-order valence-electron chi connectivity index (χ4n) is 1.48. The number of sulfonamides is 1. The highest BCUT2D eigenvalue weighted by atomic mass is 32.2. The van der Waals surface area contributed by atoms with Gasteiger partial charge in [0, 0.05) is 19.3 Å². The van der Waals surface area contributed by atoms with Gasteiger partial charge in [-0.1, -0.05) is 12.1 Å². The summed E-state index contributed by atoms with van der Waals surface area (Å²) in [6, 6.07) is 7.25. The summed E-state index contributed by atoms with van der Waals surface area (Å²) in [4.78, 5) is 11.7. The molecule has 0 unspecified atom stereocenters. The Morgan fingerprint density at radius 2 is 2.10 bits per heavy atom. The molecule has 0 fully saturated rings. The minimum atomic E-state index is -3.36. The molecule has 1 aromatic carbocycles. The Balaban J connectivity index is 2.62. The number of carbonyl (C=O) groups excluding carboxylic acids is 1. The van der Waals surface area contributed by atoms with Gasteiger partial charge in [-0.05, 0) is 24.6 Å². The van der Waals surface area contributed by atoms with Gasteiger partial charge in [0.15, 0.2) is 0 Å². The van der Waals surface area contributed by atoms with Crippen molar-refractivity contribution in [3.63, 3.8) is 0 Å². The zero-order chi connectivity index (χ0) is 15.2. The van der Waals surface area contributed by atoms with Crippen LogP contribution in [0.25, 0.3) is 0 Å². The predicted molar refractivity (Wildman–Crippen MR) is 77.9 cm³/mol. The number of benzene rings is 1. The first-order valence-electron chi connectivity index (χ1n) is 6.20. The molecule has 0 saturated heterocycles. The molecule has 0 radical (unpaired) electrons. The van der Waals surface area contributed by atoms with Crippen molar-refractivity contribution in [2.75, 3.05) is 31.8 Å². The number of rotatable bonds is 7. The number of hydrogen-bond acceptors (Lipinski definition) is 4. The van der Waals surface area contributed by atoms with Crippen LogP contribution >= 0.6 is 0 Å². The quantitative estimate of drug-likeness (QED) is 0.817. The third-order valence-electron chi connectivity index (χ3n) is 2.62. The van der Waals surface area contributed by atoms with Gasteiger partial charge in [-0.15, -0.1) is 0 Å². The normalized spacial score (nSPS) is 11.6. The van der Waals surface area contributed by atoms with Crippen LogP contribution in [-0.4, -0.2) is 45.1 Å². The summed E-state index contributed by atoms with van der Waals surface area (Å²) in [6.45, 7) is 2.79. The van der Waals surface area contributed by atoms with Crippen molar-refractivity contribution in [2.24, 2.45) is 0 Å². The Morgan fingerprint density at radius 1 is 1.40 bits per heavy atom. The van der Waals surface area contributed by atoms with Crippen LogP contribution in [0.1, 0.15) is 12.5 Å². The molecule has 0 aliphatic carbocycles. The molecule has 0 bridgehead atoms. The van der Waals surface area contributed by atoms with Crippen molar-refractivity contribution < 1.29 is 17.9 Å². The SMILES string of the molecule is CCOCc1cccc(NC(=O)CN(C)S(C)(=O)=O)c1. The van der Waals surface area contributed by atoms with E-state index in [9.17, 15) is 13.2 Å². The Kier molecular flexibility index (Phi) is 6.12. The van der Waals surface area contributed by atoms with Gasteiger partial charge in [-0.3, -0.25) is 4.79 Å². The molecule has 1 rings (SSSR count). The van der Waals surface area contributed by atoms with Crippen molar-refractivity contribution >= 4 is 21.6 Å². The fraction of sp³-hybridized carbons (Fsp3) is 0.462. The van der Waals surface area contributed by atoms with Crippen molar-refractivity contribution in [3.8, 4) is 0 Å². The number of carbonyl (C=O) groups is 1. The molecule has 0 aliphatic heterocycles.